The van der Waals surface area contributed by atoms with Crippen LogP contribution in [0.1, 0.15) is 28.2 Å². The number of piperidine rings is 1. The maximum atomic E-state index is 12.9. The van der Waals surface area contributed by atoms with Crippen LogP contribution >= 0.6 is 11.3 Å². The third-order valence-electron chi connectivity index (χ3n) is 6.86. The summed E-state index contributed by atoms with van der Waals surface area (Å²) in [6.45, 7) is 4.78. The molecule has 2 N–H and O–H groups in total. The van der Waals surface area contributed by atoms with Crippen LogP contribution in [0.4, 0.5) is 0 Å². The summed E-state index contributed by atoms with van der Waals surface area (Å²) in [4.78, 5) is 31.7. The molecule has 0 spiro atoms. The van der Waals surface area contributed by atoms with E-state index in [4.69, 9.17) is 14.5 Å². The van der Waals surface area contributed by atoms with Crippen LogP contribution in [0, 0.1) is 0 Å². The van der Waals surface area contributed by atoms with Gasteiger partial charge in [0.15, 0.2) is 0 Å². The Hall–Kier alpha value is -3.11. The van der Waals surface area contributed by atoms with Crippen molar-refractivity contribution in [1.29, 1.82) is 0 Å². The lowest BCUT2D eigenvalue weighted by molar-refractivity contribution is -0.124. The molecule has 0 unspecified atom stereocenters. The summed E-state index contributed by atoms with van der Waals surface area (Å²) in [5.41, 5.74) is 2.53. The number of nitrogens with zero attached hydrogens (tertiary/aromatic N) is 2. The van der Waals surface area contributed by atoms with E-state index in [9.17, 15) is 9.59 Å². The molecule has 202 valence electrons. The zero-order chi connectivity index (χ0) is 26.6. The number of aromatic nitrogens is 1. The molecule has 2 aromatic carbocycles. The highest BCUT2D eigenvalue weighted by Gasteiger charge is 2.39. The van der Waals surface area contributed by atoms with Crippen molar-refractivity contribution < 1.29 is 19.1 Å². The highest BCUT2D eigenvalue weighted by molar-refractivity contribution is 7.10. The number of carbonyl (C=O) groups excluding carboxylic acids is 2. The van der Waals surface area contributed by atoms with Crippen molar-refractivity contribution in [3.8, 4) is 11.3 Å². The molecule has 0 atom stereocenters. The first-order valence-electron chi connectivity index (χ1n) is 13.0. The second-order valence-electron chi connectivity index (χ2n) is 9.47. The third kappa shape index (κ3) is 7.70. The smallest absolute Gasteiger partial charge is 0.251 e. The van der Waals surface area contributed by atoms with Crippen LogP contribution in [-0.4, -0.2) is 81.4 Å². The Morgan fingerprint density at radius 3 is 2.42 bits per heavy atom. The highest BCUT2D eigenvalue weighted by atomic mass is 32.1. The molecule has 2 amide bonds. The third-order valence-corrected chi connectivity index (χ3v) is 7.95. The normalized spacial score (nSPS) is 15.2. The van der Waals surface area contributed by atoms with E-state index in [1.807, 2.05) is 48.5 Å². The minimum absolute atomic E-state index is 0.0572. The molecule has 3 aromatic rings. The minimum atomic E-state index is -0.217. The first-order chi connectivity index (χ1) is 18.6. The van der Waals surface area contributed by atoms with Gasteiger partial charge in [-0.15, -0.1) is 11.3 Å². The Labute approximate surface area is 228 Å². The Balaban J connectivity index is 1.35. The summed E-state index contributed by atoms with van der Waals surface area (Å²) in [5, 5.41) is 9.15. The van der Waals surface area contributed by atoms with Crippen LogP contribution in [0.5, 0.6) is 0 Å². The molecule has 1 fully saturated rings. The summed E-state index contributed by atoms with van der Waals surface area (Å²) in [6, 6.07) is 19.6. The van der Waals surface area contributed by atoms with E-state index in [1.165, 1.54) is 7.11 Å². The summed E-state index contributed by atoms with van der Waals surface area (Å²) in [7, 11) is 1.50. The van der Waals surface area contributed by atoms with Crippen LogP contribution in [0.2, 0.25) is 0 Å². The fraction of sp³-hybridized carbons (Fsp3) is 0.414. The van der Waals surface area contributed by atoms with E-state index in [0.29, 0.717) is 31.9 Å². The van der Waals surface area contributed by atoms with Gasteiger partial charge in [-0.05, 0) is 38.1 Å². The first-order valence-corrected chi connectivity index (χ1v) is 13.9. The number of nitrogens with one attached hydrogen (secondary N) is 2. The van der Waals surface area contributed by atoms with Gasteiger partial charge in [0.2, 0.25) is 5.91 Å². The molecule has 1 aliphatic rings. The van der Waals surface area contributed by atoms with Crippen molar-refractivity contribution >= 4 is 23.2 Å². The lowest BCUT2D eigenvalue weighted by atomic mass is 9.78. The van der Waals surface area contributed by atoms with Crippen molar-refractivity contribution in [2.45, 2.75) is 18.3 Å². The van der Waals surface area contributed by atoms with Gasteiger partial charge in [-0.1, -0.05) is 48.5 Å². The monoisotopic (exact) mass is 536 g/mol. The molecule has 9 heteroatoms. The van der Waals surface area contributed by atoms with Crippen LogP contribution in [-0.2, 0) is 19.7 Å². The SMILES string of the molecule is COCC(=O)NCCOCCN1CCC(CNC(=O)c2ccccc2)(c2nc(-c3ccccc3)cs2)CC1. The number of benzene rings is 2. The molecular weight excluding hydrogens is 500 g/mol. The molecule has 38 heavy (non-hydrogen) atoms. The molecule has 1 saturated heterocycles. The predicted molar refractivity (Wildman–Crippen MR) is 149 cm³/mol. The van der Waals surface area contributed by atoms with Crippen LogP contribution in [0.15, 0.2) is 66.0 Å². The molecule has 4 rings (SSSR count). The van der Waals surface area contributed by atoms with E-state index in [0.717, 1.165) is 48.7 Å². The maximum absolute atomic E-state index is 12.9. The number of amides is 2. The summed E-state index contributed by atoms with van der Waals surface area (Å²) in [5.74, 6) is -0.196. The molecule has 0 radical (unpaired) electrons. The van der Waals surface area contributed by atoms with E-state index in [1.54, 1.807) is 11.3 Å². The van der Waals surface area contributed by atoms with Crippen LogP contribution in [0.25, 0.3) is 11.3 Å². The van der Waals surface area contributed by atoms with Crippen molar-refractivity contribution in [3.05, 3.63) is 76.6 Å². The average Bonchev–Trinajstić information content (AvgIpc) is 3.47. The topological polar surface area (TPSA) is 92.8 Å². The first kappa shape index (κ1) is 27.9. The number of ether oxygens (including phenoxy) is 2. The second-order valence-corrected chi connectivity index (χ2v) is 10.3. The Bertz CT molecular complexity index is 1150. The van der Waals surface area contributed by atoms with E-state index in [-0.39, 0.29) is 23.8 Å². The number of likely N-dealkylation sites (tertiary alicyclic amines) is 1. The van der Waals surface area contributed by atoms with E-state index >= 15 is 0 Å². The summed E-state index contributed by atoms with van der Waals surface area (Å²) in [6.07, 6.45) is 1.80. The number of carbonyl (C=O) groups is 2. The zero-order valence-electron chi connectivity index (χ0n) is 21.9. The van der Waals surface area contributed by atoms with E-state index in [2.05, 4.69) is 33.0 Å². The second kappa shape index (κ2) is 14.2. The number of thiazole rings is 1. The van der Waals surface area contributed by atoms with Crippen LogP contribution in [0.3, 0.4) is 0 Å². The lowest BCUT2D eigenvalue weighted by Gasteiger charge is -2.40. The molecule has 2 heterocycles. The molecule has 8 nitrogen and oxygen atoms in total. The van der Waals surface area contributed by atoms with Gasteiger partial charge in [0.05, 0.1) is 18.9 Å². The van der Waals surface area contributed by atoms with Gasteiger partial charge in [0.1, 0.15) is 11.6 Å². The molecule has 0 aliphatic carbocycles. The predicted octanol–water partition coefficient (Wildman–Crippen LogP) is 3.35. The zero-order valence-corrected chi connectivity index (χ0v) is 22.7. The fourth-order valence-electron chi connectivity index (χ4n) is 4.61. The summed E-state index contributed by atoms with van der Waals surface area (Å²) >= 11 is 1.68. The Morgan fingerprint density at radius 2 is 1.71 bits per heavy atom. The van der Waals surface area contributed by atoms with E-state index < -0.39 is 0 Å². The number of hydrogen-bond acceptors (Lipinski definition) is 7. The van der Waals surface area contributed by atoms with Gasteiger partial charge < -0.3 is 25.0 Å². The molecule has 0 bridgehead atoms. The largest absolute Gasteiger partial charge is 0.378 e. The number of hydrogen-bond donors (Lipinski definition) is 2. The van der Waals surface area contributed by atoms with Crippen molar-refractivity contribution in [1.82, 2.24) is 20.5 Å². The van der Waals surface area contributed by atoms with Crippen LogP contribution < -0.4 is 10.6 Å². The van der Waals surface area contributed by atoms with Gasteiger partial charge in [0, 0.05) is 48.7 Å². The quantitative estimate of drug-likeness (QED) is 0.326. The van der Waals surface area contributed by atoms with Crippen molar-refractivity contribution in [2.24, 2.45) is 0 Å². The molecule has 1 aromatic heterocycles. The van der Waals surface area contributed by atoms with Gasteiger partial charge in [0.25, 0.3) is 5.91 Å². The standard InChI is InChI=1S/C29H36N4O4S/c1-36-20-26(34)30-14-18-37-19-17-33-15-12-29(13-16-33,22-31-27(35)24-10-6-3-7-11-24)28-32-25(21-38-28)23-8-4-2-5-9-23/h2-11,21H,12-20,22H2,1H3,(H,30,34)(H,31,35). The minimum Gasteiger partial charge on any atom is -0.378 e. The molecule has 1 aliphatic heterocycles. The fourth-order valence-corrected chi connectivity index (χ4v) is 5.70. The summed E-state index contributed by atoms with van der Waals surface area (Å²) < 4.78 is 10.5. The van der Waals surface area contributed by atoms with Gasteiger partial charge in [-0.2, -0.15) is 0 Å². The van der Waals surface area contributed by atoms with Gasteiger partial charge in [-0.3, -0.25) is 9.59 Å². The molecule has 0 saturated carbocycles. The molecular formula is C29H36N4O4S. The number of methoxy groups -OCH3 is 1. The Morgan fingerprint density at radius 1 is 1.00 bits per heavy atom. The maximum Gasteiger partial charge on any atom is 0.251 e. The Kier molecular flexibility index (Phi) is 10.4. The van der Waals surface area contributed by atoms with Crippen molar-refractivity contribution in [2.75, 3.05) is 59.7 Å². The van der Waals surface area contributed by atoms with Gasteiger partial charge >= 0.3 is 0 Å². The average molecular weight is 537 g/mol. The lowest BCUT2D eigenvalue weighted by Crippen LogP contribution is -2.49. The number of rotatable bonds is 13. The van der Waals surface area contributed by atoms with Crippen molar-refractivity contribution in [3.63, 3.8) is 0 Å². The van der Waals surface area contributed by atoms with Gasteiger partial charge in [-0.25, -0.2) is 4.98 Å². The highest BCUT2D eigenvalue weighted by Crippen LogP contribution is 2.38.